The summed E-state index contributed by atoms with van der Waals surface area (Å²) in [5.41, 5.74) is 1.21. The predicted octanol–water partition coefficient (Wildman–Crippen LogP) is 0.689. The maximum absolute atomic E-state index is 10.8. The Morgan fingerprint density at radius 2 is 2.31 bits per heavy atom. The van der Waals surface area contributed by atoms with Gasteiger partial charge in [-0.15, -0.1) is 0 Å². The quantitative estimate of drug-likeness (QED) is 0.710. The lowest BCUT2D eigenvalue weighted by atomic mass is 10.1. The Hall–Kier alpha value is -2.08. The molecule has 2 rings (SSSR count). The number of ether oxygens (including phenoxy) is 1. The average molecular weight is 222 g/mol. The van der Waals surface area contributed by atoms with E-state index in [0.717, 1.165) is 0 Å². The molecule has 3 N–H and O–H groups in total. The van der Waals surface area contributed by atoms with Gasteiger partial charge in [0.15, 0.2) is 6.10 Å². The first-order valence-electron chi connectivity index (χ1n) is 4.56. The molecule has 1 unspecified atom stereocenters. The van der Waals surface area contributed by atoms with Crippen LogP contribution in [-0.2, 0) is 4.79 Å². The number of methoxy groups -OCH3 is 1. The van der Waals surface area contributed by atoms with Gasteiger partial charge in [0.1, 0.15) is 5.75 Å². The van der Waals surface area contributed by atoms with Crippen LogP contribution in [0.25, 0.3) is 11.0 Å². The molecular formula is C10H10N2O4. The van der Waals surface area contributed by atoms with Gasteiger partial charge in [0.05, 0.1) is 30.0 Å². The second-order valence-corrected chi connectivity index (χ2v) is 3.22. The fourth-order valence-corrected chi connectivity index (χ4v) is 1.58. The summed E-state index contributed by atoms with van der Waals surface area (Å²) in [6, 6.07) is 3.29. The molecule has 1 aromatic heterocycles. The number of aromatic amines is 1. The van der Waals surface area contributed by atoms with Crippen LogP contribution >= 0.6 is 0 Å². The van der Waals surface area contributed by atoms with Crippen molar-refractivity contribution in [3.05, 3.63) is 24.0 Å². The third kappa shape index (κ3) is 1.49. The number of carboxylic acid groups (broad SMARTS) is 1. The number of rotatable bonds is 3. The van der Waals surface area contributed by atoms with Crippen molar-refractivity contribution in [2.75, 3.05) is 7.11 Å². The molecule has 16 heavy (non-hydrogen) atoms. The smallest absolute Gasteiger partial charge is 0.337 e. The molecule has 0 amide bonds. The standard InChI is InChI=1S/C10H10N2O4/c1-16-6-3-2-5-8(12-4-11-5)7(6)9(13)10(14)15/h2-4,9,13H,1H3,(H,11,12)(H,14,15). The first-order valence-corrected chi connectivity index (χ1v) is 4.56. The highest BCUT2D eigenvalue weighted by molar-refractivity contribution is 5.87. The number of carbonyl (C=O) groups is 1. The molecule has 2 aromatic rings. The van der Waals surface area contributed by atoms with E-state index in [2.05, 4.69) is 9.97 Å². The summed E-state index contributed by atoms with van der Waals surface area (Å²) in [5.74, 6) is -1.04. The summed E-state index contributed by atoms with van der Waals surface area (Å²) in [5, 5.41) is 18.4. The molecule has 0 bridgehead atoms. The van der Waals surface area contributed by atoms with Crippen molar-refractivity contribution in [1.82, 2.24) is 9.97 Å². The second-order valence-electron chi connectivity index (χ2n) is 3.22. The topological polar surface area (TPSA) is 95.4 Å². The Morgan fingerprint density at radius 1 is 1.56 bits per heavy atom. The predicted molar refractivity (Wildman–Crippen MR) is 55.2 cm³/mol. The molecule has 6 nitrogen and oxygen atoms in total. The van der Waals surface area contributed by atoms with Gasteiger partial charge in [-0.1, -0.05) is 0 Å². The Balaban J connectivity index is 2.70. The molecule has 0 saturated carbocycles. The van der Waals surface area contributed by atoms with E-state index in [1.54, 1.807) is 12.1 Å². The van der Waals surface area contributed by atoms with E-state index >= 15 is 0 Å². The van der Waals surface area contributed by atoms with Crippen LogP contribution in [0.2, 0.25) is 0 Å². The number of aliphatic carboxylic acids is 1. The van der Waals surface area contributed by atoms with Crippen molar-refractivity contribution in [2.45, 2.75) is 6.10 Å². The van der Waals surface area contributed by atoms with E-state index < -0.39 is 12.1 Å². The maximum atomic E-state index is 10.8. The lowest BCUT2D eigenvalue weighted by molar-refractivity contribution is -0.146. The van der Waals surface area contributed by atoms with Gasteiger partial charge in [-0.05, 0) is 12.1 Å². The van der Waals surface area contributed by atoms with Gasteiger partial charge in [-0.25, -0.2) is 9.78 Å². The highest BCUT2D eigenvalue weighted by Gasteiger charge is 2.24. The van der Waals surface area contributed by atoms with E-state index in [0.29, 0.717) is 16.8 Å². The summed E-state index contributed by atoms with van der Waals surface area (Å²) in [4.78, 5) is 17.6. The van der Waals surface area contributed by atoms with Gasteiger partial charge in [0.25, 0.3) is 0 Å². The lowest BCUT2D eigenvalue weighted by Gasteiger charge is -2.11. The summed E-state index contributed by atoms with van der Waals surface area (Å²) >= 11 is 0. The molecule has 0 radical (unpaired) electrons. The number of aromatic nitrogens is 2. The largest absolute Gasteiger partial charge is 0.496 e. The summed E-state index contributed by atoms with van der Waals surface area (Å²) in [7, 11) is 1.41. The van der Waals surface area contributed by atoms with Crippen LogP contribution in [0.1, 0.15) is 11.7 Å². The first-order chi connectivity index (χ1) is 7.65. The van der Waals surface area contributed by atoms with E-state index in [-0.39, 0.29) is 5.56 Å². The SMILES string of the molecule is COc1ccc2[nH]cnc2c1C(O)C(=O)O. The highest BCUT2D eigenvalue weighted by atomic mass is 16.5. The van der Waals surface area contributed by atoms with Crippen molar-refractivity contribution in [3.63, 3.8) is 0 Å². The molecule has 0 fully saturated rings. The van der Waals surface area contributed by atoms with E-state index in [1.165, 1.54) is 13.4 Å². The minimum atomic E-state index is -1.65. The maximum Gasteiger partial charge on any atom is 0.337 e. The Kier molecular flexibility index (Phi) is 2.49. The van der Waals surface area contributed by atoms with Crippen LogP contribution in [0, 0.1) is 0 Å². The number of aliphatic hydroxyl groups is 1. The molecule has 1 atom stereocenters. The van der Waals surface area contributed by atoms with Crippen molar-refractivity contribution < 1.29 is 19.7 Å². The number of nitrogens with zero attached hydrogens (tertiary/aromatic N) is 1. The van der Waals surface area contributed by atoms with Crippen LogP contribution in [-0.4, -0.2) is 33.3 Å². The van der Waals surface area contributed by atoms with Gasteiger partial charge in [0.2, 0.25) is 0 Å². The zero-order valence-electron chi connectivity index (χ0n) is 8.47. The van der Waals surface area contributed by atoms with Crippen LogP contribution in [0.15, 0.2) is 18.5 Å². The Morgan fingerprint density at radius 3 is 2.94 bits per heavy atom. The molecule has 0 saturated heterocycles. The third-order valence-electron chi connectivity index (χ3n) is 2.32. The molecular weight excluding hydrogens is 212 g/mol. The normalized spacial score (nSPS) is 12.6. The van der Waals surface area contributed by atoms with Crippen LogP contribution in [0.3, 0.4) is 0 Å². The molecule has 0 aliphatic carbocycles. The number of aliphatic hydroxyl groups excluding tert-OH is 1. The van der Waals surface area contributed by atoms with Gasteiger partial charge in [-0.3, -0.25) is 0 Å². The lowest BCUT2D eigenvalue weighted by Crippen LogP contribution is -2.12. The van der Waals surface area contributed by atoms with Crippen LogP contribution < -0.4 is 4.74 Å². The van der Waals surface area contributed by atoms with Crippen molar-refractivity contribution in [1.29, 1.82) is 0 Å². The van der Waals surface area contributed by atoms with Gasteiger partial charge < -0.3 is 19.9 Å². The zero-order chi connectivity index (χ0) is 11.7. The second kappa shape index (κ2) is 3.82. The van der Waals surface area contributed by atoms with Crippen molar-refractivity contribution in [2.24, 2.45) is 0 Å². The van der Waals surface area contributed by atoms with Crippen molar-refractivity contribution >= 4 is 17.0 Å². The number of nitrogens with one attached hydrogen (secondary N) is 1. The number of carboxylic acids is 1. The van der Waals surface area contributed by atoms with E-state index in [9.17, 15) is 9.90 Å². The van der Waals surface area contributed by atoms with Crippen molar-refractivity contribution in [3.8, 4) is 5.75 Å². The Labute approximate surface area is 90.5 Å². The van der Waals surface area contributed by atoms with Gasteiger partial charge >= 0.3 is 5.97 Å². The Bertz CT molecular complexity index is 535. The minimum absolute atomic E-state index is 0.161. The number of fused-ring (bicyclic) bond motifs is 1. The number of benzene rings is 1. The third-order valence-corrected chi connectivity index (χ3v) is 2.32. The number of imidazole rings is 1. The molecule has 0 aliphatic rings. The molecule has 0 spiro atoms. The summed E-state index contributed by atoms with van der Waals surface area (Å²) in [6.07, 6.45) is -0.218. The van der Waals surface area contributed by atoms with Gasteiger partial charge in [-0.2, -0.15) is 0 Å². The van der Waals surface area contributed by atoms with Gasteiger partial charge in [0, 0.05) is 0 Å². The zero-order valence-corrected chi connectivity index (χ0v) is 8.47. The molecule has 6 heteroatoms. The fourth-order valence-electron chi connectivity index (χ4n) is 1.58. The molecule has 1 aromatic carbocycles. The number of hydrogen-bond acceptors (Lipinski definition) is 4. The first kappa shape index (κ1) is 10.4. The minimum Gasteiger partial charge on any atom is -0.496 e. The molecule has 1 heterocycles. The molecule has 0 aliphatic heterocycles. The summed E-state index contributed by atoms with van der Waals surface area (Å²) < 4.78 is 5.02. The van der Waals surface area contributed by atoms with E-state index in [1.807, 2.05) is 0 Å². The van der Waals surface area contributed by atoms with E-state index in [4.69, 9.17) is 9.84 Å². The highest BCUT2D eigenvalue weighted by Crippen LogP contribution is 2.31. The van der Waals surface area contributed by atoms with Crippen LogP contribution in [0.5, 0.6) is 5.75 Å². The molecule has 84 valence electrons. The summed E-state index contributed by atoms with van der Waals surface area (Å²) in [6.45, 7) is 0. The monoisotopic (exact) mass is 222 g/mol. The average Bonchev–Trinajstić information content (AvgIpc) is 2.74. The number of hydrogen-bond donors (Lipinski definition) is 3. The fraction of sp³-hybridized carbons (Fsp3) is 0.200. The van der Waals surface area contributed by atoms with Crippen LogP contribution in [0.4, 0.5) is 0 Å². The number of H-pyrrole nitrogens is 1.